The van der Waals surface area contributed by atoms with Crippen LogP contribution < -0.4 is 9.80 Å². The number of rotatable bonds is 2. The van der Waals surface area contributed by atoms with Gasteiger partial charge < -0.3 is 9.80 Å². The first kappa shape index (κ1) is 16.0. The van der Waals surface area contributed by atoms with Gasteiger partial charge in [0, 0.05) is 26.2 Å². The molecule has 26 heavy (non-hydrogen) atoms. The molecule has 5 rings (SSSR count). The molecule has 3 heterocycles. The van der Waals surface area contributed by atoms with Gasteiger partial charge in [-0.25, -0.2) is 14.4 Å². The molecule has 0 bridgehead atoms. The zero-order valence-electron chi connectivity index (χ0n) is 14.3. The largest absolute Gasteiger partial charge is 0.345 e. The van der Waals surface area contributed by atoms with Crippen molar-refractivity contribution in [2.24, 2.45) is 0 Å². The average Bonchev–Trinajstić information content (AvgIpc) is 3.26. The highest BCUT2D eigenvalue weighted by Gasteiger charge is 2.22. The summed E-state index contributed by atoms with van der Waals surface area (Å²) in [4.78, 5) is 14.2. The molecule has 1 aliphatic heterocycles. The van der Waals surface area contributed by atoms with Crippen molar-refractivity contribution in [2.45, 2.75) is 6.92 Å². The molecule has 0 aliphatic carbocycles. The number of para-hydroxylation sites is 1. The van der Waals surface area contributed by atoms with E-state index in [2.05, 4.69) is 39.9 Å². The van der Waals surface area contributed by atoms with Crippen molar-refractivity contribution in [1.29, 1.82) is 0 Å². The van der Waals surface area contributed by atoms with Gasteiger partial charge in [0.05, 0.1) is 20.4 Å². The summed E-state index contributed by atoms with van der Waals surface area (Å²) in [5.74, 6) is -0.205. The highest BCUT2D eigenvalue weighted by Crippen LogP contribution is 2.33. The van der Waals surface area contributed by atoms with E-state index >= 15 is 0 Å². The third kappa shape index (κ3) is 2.71. The number of fused-ring (bicyclic) bond motifs is 2. The van der Waals surface area contributed by atoms with Crippen LogP contribution in [0, 0.1) is 12.7 Å². The molecule has 1 fully saturated rings. The Morgan fingerprint density at radius 2 is 1.58 bits per heavy atom. The van der Waals surface area contributed by atoms with E-state index in [0.29, 0.717) is 0 Å². The molecule has 0 atom stereocenters. The molecule has 1 aliphatic rings. The first-order chi connectivity index (χ1) is 12.7. The van der Waals surface area contributed by atoms with Crippen molar-refractivity contribution in [2.75, 3.05) is 36.0 Å². The van der Waals surface area contributed by atoms with Crippen LogP contribution in [-0.4, -0.2) is 36.1 Å². The van der Waals surface area contributed by atoms with Crippen LogP contribution in [0.2, 0.25) is 0 Å². The van der Waals surface area contributed by atoms with E-state index in [-0.39, 0.29) is 5.82 Å². The maximum Gasteiger partial charge on any atom is 0.186 e. The van der Waals surface area contributed by atoms with Gasteiger partial charge >= 0.3 is 0 Å². The number of thiazole rings is 2. The minimum absolute atomic E-state index is 0.205. The number of hydrogen-bond donors (Lipinski definition) is 0. The molecule has 4 aromatic rings. The number of nitrogens with zero attached hydrogens (tertiary/aromatic N) is 4. The van der Waals surface area contributed by atoms with Crippen molar-refractivity contribution in [3.63, 3.8) is 0 Å². The quantitative estimate of drug-likeness (QED) is 0.502. The number of hydrogen-bond acceptors (Lipinski definition) is 6. The fourth-order valence-electron chi connectivity index (χ4n) is 3.32. The molecule has 0 radical (unpaired) electrons. The second kappa shape index (κ2) is 6.17. The van der Waals surface area contributed by atoms with Gasteiger partial charge in [0.2, 0.25) is 0 Å². The fourth-order valence-corrected chi connectivity index (χ4v) is 5.46. The Balaban J connectivity index is 1.35. The topological polar surface area (TPSA) is 32.3 Å². The summed E-state index contributed by atoms with van der Waals surface area (Å²) in [6, 6.07) is 11.1. The van der Waals surface area contributed by atoms with E-state index in [1.54, 1.807) is 34.8 Å². The predicted molar refractivity (Wildman–Crippen MR) is 108 cm³/mol. The van der Waals surface area contributed by atoms with E-state index < -0.39 is 0 Å². The molecule has 4 nitrogen and oxygen atoms in total. The van der Waals surface area contributed by atoms with E-state index in [9.17, 15) is 4.39 Å². The molecule has 1 saturated heterocycles. The van der Waals surface area contributed by atoms with Crippen LogP contribution in [0.5, 0.6) is 0 Å². The maximum atomic E-state index is 13.4. The molecule has 0 spiro atoms. The molecule has 132 valence electrons. The normalized spacial score (nSPS) is 15.3. The average molecular weight is 385 g/mol. The van der Waals surface area contributed by atoms with E-state index in [0.717, 1.165) is 52.2 Å². The molecule has 2 aromatic heterocycles. The summed E-state index contributed by atoms with van der Waals surface area (Å²) >= 11 is 3.33. The number of benzene rings is 2. The third-order valence-electron chi connectivity index (χ3n) is 4.77. The van der Waals surface area contributed by atoms with Crippen molar-refractivity contribution in [1.82, 2.24) is 9.97 Å². The van der Waals surface area contributed by atoms with Crippen LogP contribution in [0.3, 0.4) is 0 Å². The number of aryl methyl sites for hydroxylation is 1. The highest BCUT2D eigenvalue weighted by atomic mass is 32.1. The van der Waals surface area contributed by atoms with E-state index in [4.69, 9.17) is 4.98 Å². The lowest BCUT2D eigenvalue weighted by atomic mass is 10.2. The summed E-state index contributed by atoms with van der Waals surface area (Å²) in [7, 11) is 0. The molecule has 0 N–H and O–H groups in total. The van der Waals surface area contributed by atoms with Crippen molar-refractivity contribution < 1.29 is 4.39 Å². The summed E-state index contributed by atoms with van der Waals surface area (Å²) in [5, 5.41) is 2.07. The lowest BCUT2D eigenvalue weighted by Crippen LogP contribution is -2.46. The summed E-state index contributed by atoms with van der Waals surface area (Å²) < 4.78 is 15.5. The smallest absolute Gasteiger partial charge is 0.186 e. The maximum absolute atomic E-state index is 13.4. The Hall–Kier alpha value is -2.25. The Kier molecular flexibility index (Phi) is 3.79. The van der Waals surface area contributed by atoms with Gasteiger partial charge in [-0.2, -0.15) is 0 Å². The van der Waals surface area contributed by atoms with Gasteiger partial charge in [-0.05, 0) is 36.8 Å². The van der Waals surface area contributed by atoms with Crippen LogP contribution >= 0.6 is 22.7 Å². The molecule has 0 saturated carbocycles. The van der Waals surface area contributed by atoms with Crippen LogP contribution in [0.25, 0.3) is 20.4 Å². The summed E-state index contributed by atoms with van der Waals surface area (Å²) in [6.45, 7) is 5.75. The number of anilines is 2. The van der Waals surface area contributed by atoms with Gasteiger partial charge in [-0.1, -0.05) is 34.8 Å². The lowest BCUT2D eigenvalue weighted by Gasteiger charge is -2.34. The van der Waals surface area contributed by atoms with Crippen molar-refractivity contribution >= 4 is 53.4 Å². The minimum Gasteiger partial charge on any atom is -0.345 e. The van der Waals surface area contributed by atoms with Gasteiger partial charge in [-0.3, -0.25) is 0 Å². The van der Waals surface area contributed by atoms with E-state index in [1.807, 2.05) is 0 Å². The van der Waals surface area contributed by atoms with Gasteiger partial charge in [0.15, 0.2) is 10.3 Å². The second-order valence-corrected chi connectivity index (χ2v) is 8.52. The van der Waals surface area contributed by atoms with E-state index in [1.165, 1.54) is 16.3 Å². The number of aromatic nitrogens is 2. The molecular weight excluding hydrogens is 367 g/mol. The third-order valence-corrected chi connectivity index (χ3v) is 6.93. The van der Waals surface area contributed by atoms with Crippen molar-refractivity contribution in [3.8, 4) is 0 Å². The summed E-state index contributed by atoms with van der Waals surface area (Å²) in [6.07, 6.45) is 0. The Morgan fingerprint density at radius 1 is 0.885 bits per heavy atom. The van der Waals surface area contributed by atoms with Crippen molar-refractivity contribution in [3.05, 3.63) is 47.8 Å². The molecule has 2 aromatic carbocycles. The number of piperazine rings is 1. The zero-order valence-corrected chi connectivity index (χ0v) is 15.9. The van der Waals surface area contributed by atoms with Crippen LogP contribution in [0.4, 0.5) is 14.7 Å². The summed E-state index contributed by atoms with van der Waals surface area (Å²) in [5.41, 5.74) is 3.21. The predicted octanol–water partition coefficient (Wildman–Crippen LogP) is 4.68. The van der Waals surface area contributed by atoms with Gasteiger partial charge in [0.25, 0.3) is 0 Å². The second-order valence-electron chi connectivity index (χ2n) is 6.50. The SMILES string of the molecule is Cc1cccc2sc(N3CCN(c4nc5ccc(F)cc5s4)CC3)nc12. The van der Waals surface area contributed by atoms with Crippen LogP contribution in [-0.2, 0) is 0 Å². The van der Waals surface area contributed by atoms with Gasteiger partial charge in [0.1, 0.15) is 5.82 Å². The standard InChI is InChI=1S/C19H17FN4S2/c1-12-3-2-4-15-17(12)22-19(25-15)24-9-7-23(8-10-24)18-21-14-6-5-13(20)11-16(14)26-18/h2-6,11H,7-10H2,1H3. The lowest BCUT2D eigenvalue weighted by molar-refractivity contribution is 0.630. The fraction of sp³-hybridized carbons (Fsp3) is 0.263. The zero-order chi connectivity index (χ0) is 17.7. The Labute approximate surface area is 158 Å². The molecule has 0 amide bonds. The van der Waals surface area contributed by atoms with Gasteiger partial charge in [-0.15, -0.1) is 0 Å². The van der Waals surface area contributed by atoms with Crippen LogP contribution in [0.1, 0.15) is 5.56 Å². The minimum atomic E-state index is -0.205. The Morgan fingerprint density at radius 3 is 2.31 bits per heavy atom. The van der Waals surface area contributed by atoms with Crippen LogP contribution in [0.15, 0.2) is 36.4 Å². The molecule has 0 unspecified atom stereocenters. The highest BCUT2D eigenvalue weighted by molar-refractivity contribution is 7.22. The molecular formula is C19H17FN4S2. The Bertz CT molecular complexity index is 1100. The first-order valence-electron chi connectivity index (χ1n) is 8.59. The molecule has 7 heteroatoms. The monoisotopic (exact) mass is 384 g/mol. The first-order valence-corrected chi connectivity index (χ1v) is 10.2. The number of halogens is 1.